The summed E-state index contributed by atoms with van der Waals surface area (Å²) in [6, 6.07) is 11.5. The van der Waals surface area contributed by atoms with Gasteiger partial charge in [0.25, 0.3) is 11.8 Å². The minimum absolute atomic E-state index is 0.213. The first-order valence-electron chi connectivity index (χ1n) is 16.8. The predicted molar refractivity (Wildman–Crippen MR) is 193 cm³/mol. The Morgan fingerprint density at radius 1 is 0.712 bits per heavy atom. The summed E-state index contributed by atoms with van der Waals surface area (Å²) in [5.41, 5.74) is 16.0. The number of benzene rings is 2. The Kier molecular flexibility index (Phi) is 9.76. The fraction of sp³-hybridized carbons (Fsp3) is 0.314. The number of nitrogens with one attached hydrogen (secondary N) is 2. The van der Waals surface area contributed by atoms with Gasteiger partial charge in [0, 0.05) is 37.3 Å². The van der Waals surface area contributed by atoms with Gasteiger partial charge in [-0.05, 0) is 83.0 Å². The Morgan fingerprint density at radius 2 is 1.23 bits per heavy atom. The van der Waals surface area contributed by atoms with E-state index in [9.17, 15) is 19.2 Å². The molecule has 2 aromatic carbocycles. The minimum atomic E-state index is -0.643. The minimum Gasteiger partial charge on any atom is -0.494 e. The number of imidazole rings is 2. The molecular formula is C35H40N12O5. The van der Waals surface area contributed by atoms with Crippen LogP contribution >= 0.6 is 0 Å². The van der Waals surface area contributed by atoms with E-state index >= 15 is 0 Å². The highest BCUT2D eigenvalue weighted by Crippen LogP contribution is 2.32. The van der Waals surface area contributed by atoms with Crippen molar-refractivity contribution in [3.63, 3.8) is 0 Å². The third-order valence-corrected chi connectivity index (χ3v) is 8.68. The van der Waals surface area contributed by atoms with Gasteiger partial charge in [0.15, 0.2) is 0 Å². The van der Waals surface area contributed by atoms with E-state index in [0.29, 0.717) is 101 Å². The SMILES string of the molecule is CCn1nc(C)cc1C(=O)Nc1nc2cc(C(N)=O)ccc2n1CCCCn1c(NC(=O)c2cc(C)nn2CC)nc2cc(C(N)=O)cc(OC)c21. The molecular weight excluding hydrogens is 668 g/mol. The summed E-state index contributed by atoms with van der Waals surface area (Å²) in [6.45, 7) is 9.25. The molecule has 4 heterocycles. The number of aromatic nitrogens is 8. The van der Waals surface area contributed by atoms with Crippen LogP contribution in [-0.2, 0) is 26.2 Å². The summed E-state index contributed by atoms with van der Waals surface area (Å²) >= 11 is 0. The number of anilines is 2. The molecule has 0 fully saturated rings. The number of hydrogen-bond donors (Lipinski definition) is 4. The summed E-state index contributed by atoms with van der Waals surface area (Å²) in [4.78, 5) is 60.3. The lowest BCUT2D eigenvalue weighted by atomic mass is 10.1. The van der Waals surface area contributed by atoms with Crippen LogP contribution in [0.1, 0.15) is 79.8 Å². The lowest BCUT2D eigenvalue weighted by molar-refractivity contribution is 0.0992. The highest BCUT2D eigenvalue weighted by Gasteiger charge is 2.23. The van der Waals surface area contributed by atoms with E-state index in [0.717, 1.165) is 0 Å². The highest BCUT2D eigenvalue weighted by molar-refractivity contribution is 6.05. The molecule has 6 aromatic rings. The number of nitrogens with two attached hydrogens (primary N) is 2. The molecule has 0 spiro atoms. The number of unbranched alkanes of at least 4 members (excludes halogenated alkanes) is 1. The van der Waals surface area contributed by atoms with E-state index in [1.165, 1.54) is 7.11 Å². The summed E-state index contributed by atoms with van der Waals surface area (Å²) in [5.74, 6) is -1.08. The molecule has 4 amide bonds. The van der Waals surface area contributed by atoms with E-state index in [1.54, 1.807) is 51.8 Å². The number of carbonyl (C=O) groups is 4. The zero-order valence-corrected chi connectivity index (χ0v) is 29.6. The van der Waals surface area contributed by atoms with Crippen LogP contribution in [-0.4, -0.2) is 69.4 Å². The third kappa shape index (κ3) is 6.79. The predicted octanol–water partition coefficient (Wildman–Crippen LogP) is 3.63. The number of primary amides is 2. The number of fused-ring (bicyclic) bond motifs is 2. The van der Waals surface area contributed by atoms with Crippen molar-refractivity contribution in [2.75, 3.05) is 17.7 Å². The van der Waals surface area contributed by atoms with E-state index in [1.807, 2.05) is 36.8 Å². The summed E-state index contributed by atoms with van der Waals surface area (Å²) < 4.78 is 12.6. The van der Waals surface area contributed by atoms with Gasteiger partial charge in [0.05, 0.1) is 35.0 Å². The molecule has 0 radical (unpaired) electrons. The van der Waals surface area contributed by atoms with Crippen LogP contribution in [0.2, 0.25) is 0 Å². The number of nitrogens with zero attached hydrogens (tertiary/aromatic N) is 8. The van der Waals surface area contributed by atoms with Crippen LogP contribution < -0.4 is 26.8 Å². The number of ether oxygens (including phenoxy) is 1. The first-order valence-corrected chi connectivity index (χ1v) is 16.8. The molecule has 17 heteroatoms. The standard InChI is InChI=1S/C35H40N12O5/c1-6-46-26(14-19(3)42-46)32(50)40-34-38-23-16-21(30(36)48)10-11-25(23)44(34)12-8-9-13-45-29-24(17-22(31(37)49)18-28(29)52-5)39-35(45)41-33(51)27-15-20(4)43-47(27)7-2/h10-11,14-18H,6-9,12-13H2,1-5H3,(H2,36,48)(H2,37,49)(H,38,40,50)(H,39,41,51). The molecule has 0 saturated carbocycles. The monoisotopic (exact) mass is 708 g/mol. The molecule has 6 N–H and O–H groups in total. The van der Waals surface area contributed by atoms with Crippen molar-refractivity contribution < 1.29 is 23.9 Å². The van der Waals surface area contributed by atoms with Gasteiger partial charge in [-0.2, -0.15) is 10.2 Å². The van der Waals surface area contributed by atoms with Crippen molar-refractivity contribution >= 4 is 57.6 Å². The molecule has 0 saturated heterocycles. The van der Waals surface area contributed by atoms with Gasteiger partial charge >= 0.3 is 0 Å². The molecule has 0 bridgehead atoms. The fourth-order valence-electron chi connectivity index (χ4n) is 6.26. The maximum Gasteiger partial charge on any atom is 0.276 e. The van der Waals surface area contributed by atoms with Gasteiger partial charge in [-0.1, -0.05) is 0 Å². The molecule has 0 atom stereocenters. The van der Waals surface area contributed by atoms with Crippen LogP contribution in [0.25, 0.3) is 22.1 Å². The van der Waals surface area contributed by atoms with Gasteiger partial charge in [0.2, 0.25) is 23.7 Å². The van der Waals surface area contributed by atoms with E-state index in [-0.39, 0.29) is 17.4 Å². The largest absolute Gasteiger partial charge is 0.494 e. The smallest absolute Gasteiger partial charge is 0.276 e. The summed E-state index contributed by atoms with van der Waals surface area (Å²) in [5, 5.41) is 14.6. The lowest BCUT2D eigenvalue weighted by Gasteiger charge is -2.14. The van der Waals surface area contributed by atoms with E-state index in [4.69, 9.17) is 16.2 Å². The molecule has 0 aliphatic carbocycles. The molecule has 270 valence electrons. The Bertz CT molecular complexity index is 2360. The number of aryl methyl sites for hydroxylation is 6. The highest BCUT2D eigenvalue weighted by atomic mass is 16.5. The summed E-state index contributed by atoms with van der Waals surface area (Å²) in [7, 11) is 1.48. The Labute approximate surface area is 297 Å². The molecule has 4 aromatic heterocycles. The molecule has 6 rings (SSSR count). The zero-order valence-electron chi connectivity index (χ0n) is 29.6. The van der Waals surface area contributed by atoms with Crippen molar-refractivity contribution in [2.24, 2.45) is 11.5 Å². The van der Waals surface area contributed by atoms with Crippen molar-refractivity contribution in [2.45, 2.75) is 66.7 Å². The van der Waals surface area contributed by atoms with E-state index < -0.39 is 17.7 Å². The Morgan fingerprint density at radius 3 is 1.77 bits per heavy atom. The molecule has 0 aliphatic heterocycles. The fourth-order valence-corrected chi connectivity index (χ4v) is 6.26. The van der Waals surface area contributed by atoms with E-state index in [2.05, 4.69) is 30.8 Å². The quantitative estimate of drug-likeness (QED) is 0.121. The van der Waals surface area contributed by atoms with Crippen molar-refractivity contribution in [3.05, 3.63) is 76.4 Å². The first-order chi connectivity index (χ1) is 24.9. The Balaban J connectivity index is 1.31. The molecule has 17 nitrogen and oxygen atoms in total. The average molecular weight is 709 g/mol. The topological polar surface area (TPSA) is 225 Å². The van der Waals surface area contributed by atoms with Gasteiger partial charge in [0.1, 0.15) is 22.7 Å². The van der Waals surface area contributed by atoms with Crippen LogP contribution in [0.5, 0.6) is 5.75 Å². The number of rotatable bonds is 14. The second-order valence-electron chi connectivity index (χ2n) is 12.2. The van der Waals surface area contributed by atoms with Crippen molar-refractivity contribution in [1.82, 2.24) is 38.7 Å². The van der Waals surface area contributed by atoms with Crippen molar-refractivity contribution in [3.8, 4) is 5.75 Å². The summed E-state index contributed by atoms with van der Waals surface area (Å²) in [6.07, 6.45) is 1.17. The zero-order chi connectivity index (χ0) is 37.3. The van der Waals surface area contributed by atoms with Crippen LogP contribution in [0.15, 0.2) is 42.5 Å². The van der Waals surface area contributed by atoms with Gasteiger partial charge in [-0.25, -0.2) is 9.97 Å². The van der Waals surface area contributed by atoms with Crippen LogP contribution in [0.3, 0.4) is 0 Å². The second kappa shape index (κ2) is 14.4. The Hall–Kier alpha value is -6.52. The molecule has 0 aliphatic rings. The maximum atomic E-state index is 13.5. The average Bonchev–Trinajstić information content (AvgIpc) is 3.88. The normalized spacial score (nSPS) is 11.3. The van der Waals surface area contributed by atoms with Gasteiger partial charge in [-0.15, -0.1) is 0 Å². The first kappa shape index (κ1) is 35.3. The lowest BCUT2D eigenvalue weighted by Crippen LogP contribution is -2.20. The molecule has 0 unspecified atom stereocenters. The third-order valence-electron chi connectivity index (χ3n) is 8.68. The molecule has 52 heavy (non-hydrogen) atoms. The number of amides is 4. The maximum absolute atomic E-state index is 13.5. The van der Waals surface area contributed by atoms with Crippen molar-refractivity contribution in [1.29, 1.82) is 0 Å². The van der Waals surface area contributed by atoms with Crippen LogP contribution in [0.4, 0.5) is 11.9 Å². The number of carbonyl (C=O) groups excluding carboxylic acids is 4. The number of hydrogen-bond acceptors (Lipinski definition) is 9. The number of methoxy groups -OCH3 is 1. The van der Waals surface area contributed by atoms with Crippen LogP contribution in [0, 0.1) is 13.8 Å². The van der Waals surface area contributed by atoms with Gasteiger partial charge in [-0.3, -0.25) is 39.2 Å². The second-order valence-corrected chi connectivity index (χ2v) is 12.2. The van der Waals surface area contributed by atoms with Gasteiger partial charge < -0.3 is 25.3 Å².